The summed E-state index contributed by atoms with van der Waals surface area (Å²) in [5.74, 6) is -1.29. The van der Waals surface area contributed by atoms with Gasteiger partial charge in [0.25, 0.3) is 0 Å². The molecule has 2 atom stereocenters. The average Bonchev–Trinajstić information content (AvgIpc) is 3.18. The molecule has 0 fully saturated rings. The first-order valence-corrected chi connectivity index (χ1v) is 22.5. The number of rotatable bonds is 38. The third kappa shape index (κ3) is 39.1. The number of nitrogens with two attached hydrogens (primary N) is 1. The molecule has 0 aromatic heterocycles. The van der Waals surface area contributed by atoms with Gasteiger partial charge < -0.3 is 20.1 Å². The average molecular weight is 804 g/mol. The van der Waals surface area contributed by atoms with Gasteiger partial charge in [0.1, 0.15) is 6.61 Å². The van der Waals surface area contributed by atoms with Gasteiger partial charge in [-0.05, 0) is 76.7 Å². The zero-order valence-corrected chi connectivity index (χ0v) is 35.5. The number of ketones is 1. The molecule has 1 unspecified atom stereocenters. The van der Waals surface area contributed by atoms with Crippen molar-refractivity contribution >= 4 is 25.5 Å². The summed E-state index contributed by atoms with van der Waals surface area (Å²) in [6, 6.07) is 0. The Labute approximate surface area is 339 Å². The van der Waals surface area contributed by atoms with Crippen LogP contribution in [0.25, 0.3) is 0 Å². The van der Waals surface area contributed by atoms with Crippen molar-refractivity contribution in [3.8, 4) is 0 Å². The van der Waals surface area contributed by atoms with Crippen LogP contribution >= 0.6 is 7.82 Å². The van der Waals surface area contributed by atoms with Crippen LogP contribution in [0.3, 0.4) is 0 Å². The minimum absolute atomic E-state index is 0.00568. The molecule has 0 rings (SSSR count). The molecule has 10 nitrogen and oxygen atoms in total. The third-order valence-corrected chi connectivity index (χ3v) is 9.21. The Morgan fingerprint density at radius 2 is 1.11 bits per heavy atom. The maximum atomic E-state index is 12.5. The largest absolute Gasteiger partial charge is 0.472 e. The monoisotopic (exact) mass is 804 g/mol. The summed E-state index contributed by atoms with van der Waals surface area (Å²) in [7, 11) is -4.46. The van der Waals surface area contributed by atoms with Gasteiger partial charge in [-0.1, -0.05) is 138 Å². The lowest BCUT2D eigenvalue weighted by atomic mass is 10.1. The summed E-state index contributed by atoms with van der Waals surface area (Å²) < 4.78 is 32.5. The molecular weight excluding hydrogens is 729 g/mol. The summed E-state index contributed by atoms with van der Waals surface area (Å²) in [5, 5.41) is 0. The molecule has 0 saturated heterocycles. The molecule has 0 aromatic carbocycles. The van der Waals surface area contributed by atoms with Crippen molar-refractivity contribution < 1.29 is 42.4 Å². The molecule has 0 saturated carbocycles. The predicted octanol–water partition coefficient (Wildman–Crippen LogP) is 11.2. The van der Waals surface area contributed by atoms with E-state index in [-0.39, 0.29) is 51.2 Å². The van der Waals surface area contributed by atoms with Crippen LogP contribution in [0, 0.1) is 0 Å². The summed E-state index contributed by atoms with van der Waals surface area (Å²) in [6.45, 7) is 3.33. The second kappa shape index (κ2) is 40.1. The zero-order chi connectivity index (χ0) is 41.2. The van der Waals surface area contributed by atoms with Gasteiger partial charge in [0, 0.05) is 25.8 Å². The molecule has 3 N–H and O–H groups in total. The Kier molecular flexibility index (Phi) is 37.8. The molecule has 0 aliphatic heterocycles. The first-order valence-electron chi connectivity index (χ1n) is 21.0. The number of ether oxygens (including phenoxy) is 2. The quantitative estimate of drug-likeness (QED) is 0.0154. The molecule has 0 bridgehead atoms. The number of allylic oxidation sites excluding steroid dienone is 14. The van der Waals surface area contributed by atoms with Crippen molar-refractivity contribution in [3.05, 3.63) is 85.1 Å². The van der Waals surface area contributed by atoms with E-state index in [9.17, 15) is 23.8 Å². The fourth-order valence-electron chi connectivity index (χ4n) is 5.07. The molecule has 0 aromatic rings. The maximum absolute atomic E-state index is 12.5. The topological polar surface area (TPSA) is 151 Å². The van der Waals surface area contributed by atoms with E-state index in [1.54, 1.807) is 6.08 Å². The van der Waals surface area contributed by atoms with E-state index >= 15 is 0 Å². The van der Waals surface area contributed by atoms with Crippen LogP contribution < -0.4 is 5.73 Å². The third-order valence-electron chi connectivity index (χ3n) is 8.23. The van der Waals surface area contributed by atoms with Gasteiger partial charge in [0.05, 0.1) is 13.2 Å². The maximum Gasteiger partial charge on any atom is 0.472 e. The molecule has 0 heterocycles. The normalized spacial score (nSPS) is 14.1. The van der Waals surface area contributed by atoms with Gasteiger partial charge in [0.2, 0.25) is 0 Å². The molecule has 0 spiro atoms. The summed E-state index contributed by atoms with van der Waals surface area (Å²) >= 11 is 0. The van der Waals surface area contributed by atoms with Gasteiger partial charge in [-0.15, -0.1) is 0 Å². The van der Waals surface area contributed by atoms with Crippen LogP contribution in [0.1, 0.15) is 149 Å². The highest BCUT2D eigenvalue weighted by atomic mass is 31.2. The van der Waals surface area contributed by atoms with E-state index in [2.05, 4.69) is 68.5 Å². The van der Waals surface area contributed by atoms with Crippen molar-refractivity contribution in [1.29, 1.82) is 0 Å². The molecule has 0 aliphatic rings. The van der Waals surface area contributed by atoms with E-state index in [1.165, 1.54) is 63.9 Å². The van der Waals surface area contributed by atoms with Crippen molar-refractivity contribution in [3.63, 3.8) is 0 Å². The Hall–Kier alpha value is -3.14. The molecule has 0 amide bonds. The van der Waals surface area contributed by atoms with E-state index in [1.807, 2.05) is 18.2 Å². The highest BCUT2D eigenvalue weighted by molar-refractivity contribution is 7.47. The standard InChI is InChI=1S/C45H74NO9P/c1-3-5-7-9-11-13-15-17-18-19-20-22-24-26-28-30-32-36-44(48)52-40-43(41-54-56(50,51)53-39-38-46)55-45(49)37-33-35-42(47)34-31-29-27-25-23-21-16-14-12-10-8-6-4-2/h12,14,17-18,20-23,26-29,31,34,43H,3-11,13,15-16,19,24-25,30,32-33,35-41,46H2,1-2H3,(H,50,51)/b14-12-,18-17-,22-20-,23-21-,28-26-,29-27-,34-31+/t43-/m1/s1. The van der Waals surface area contributed by atoms with Gasteiger partial charge in [0.15, 0.2) is 11.9 Å². The van der Waals surface area contributed by atoms with Gasteiger partial charge in [-0.2, -0.15) is 0 Å². The smallest absolute Gasteiger partial charge is 0.462 e. The summed E-state index contributed by atoms with van der Waals surface area (Å²) in [6.07, 6.45) is 46.3. The highest BCUT2D eigenvalue weighted by Crippen LogP contribution is 2.43. The summed E-state index contributed by atoms with van der Waals surface area (Å²) in [4.78, 5) is 47.0. The SMILES string of the molecule is CCCCC/C=C\C/C=C\C/C=C\C=C\C(=O)CCCC(=O)O[C@H](COC(=O)CCC/C=C\C/C=C\C/C=C\CCCCCCCC)COP(=O)(O)OCCN. The van der Waals surface area contributed by atoms with Gasteiger partial charge in [-0.3, -0.25) is 23.4 Å². The van der Waals surface area contributed by atoms with E-state index < -0.39 is 32.5 Å². The van der Waals surface area contributed by atoms with Gasteiger partial charge in [-0.25, -0.2) is 4.57 Å². The number of unbranched alkanes of at least 4 members (excludes halogenated alkanes) is 10. The van der Waals surface area contributed by atoms with Crippen molar-refractivity contribution in [2.45, 2.75) is 155 Å². The predicted molar refractivity (Wildman–Crippen MR) is 229 cm³/mol. The lowest BCUT2D eigenvalue weighted by Gasteiger charge is -2.19. The fraction of sp³-hybridized carbons (Fsp3) is 0.622. The van der Waals surface area contributed by atoms with Crippen molar-refractivity contribution in [2.24, 2.45) is 5.73 Å². The van der Waals surface area contributed by atoms with Crippen LogP contribution in [-0.2, 0) is 37.5 Å². The van der Waals surface area contributed by atoms with Crippen LogP contribution in [0.15, 0.2) is 85.1 Å². The van der Waals surface area contributed by atoms with Crippen LogP contribution in [0.4, 0.5) is 0 Å². The number of hydrogen-bond acceptors (Lipinski definition) is 9. The Balaban J connectivity index is 4.48. The Bertz CT molecular complexity index is 1250. The van der Waals surface area contributed by atoms with Crippen LogP contribution in [0.5, 0.6) is 0 Å². The number of hydrogen-bond donors (Lipinski definition) is 2. The highest BCUT2D eigenvalue weighted by Gasteiger charge is 2.26. The van der Waals surface area contributed by atoms with Crippen LogP contribution in [-0.4, -0.2) is 55.1 Å². The number of phosphoric ester groups is 1. The molecule has 56 heavy (non-hydrogen) atoms. The molecule has 0 aliphatic carbocycles. The number of phosphoric acid groups is 1. The minimum atomic E-state index is -4.46. The van der Waals surface area contributed by atoms with E-state index in [0.717, 1.165) is 38.5 Å². The minimum Gasteiger partial charge on any atom is -0.462 e. The number of carbonyl (C=O) groups excluding carboxylic acids is 3. The first kappa shape index (κ1) is 52.9. The van der Waals surface area contributed by atoms with Crippen molar-refractivity contribution in [1.82, 2.24) is 0 Å². The number of esters is 2. The lowest BCUT2D eigenvalue weighted by Crippen LogP contribution is -2.29. The lowest BCUT2D eigenvalue weighted by molar-refractivity contribution is -0.161. The molecule has 11 heteroatoms. The van der Waals surface area contributed by atoms with Crippen LogP contribution in [0.2, 0.25) is 0 Å². The fourth-order valence-corrected chi connectivity index (χ4v) is 5.84. The van der Waals surface area contributed by atoms with Crippen molar-refractivity contribution in [2.75, 3.05) is 26.4 Å². The second-order valence-electron chi connectivity index (χ2n) is 13.5. The Morgan fingerprint density at radius 3 is 1.73 bits per heavy atom. The first-order chi connectivity index (χ1) is 27.2. The summed E-state index contributed by atoms with van der Waals surface area (Å²) in [5.41, 5.74) is 5.32. The van der Waals surface area contributed by atoms with E-state index in [0.29, 0.717) is 12.8 Å². The second-order valence-corrected chi connectivity index (χ2v) is 15.0. The molecule has 0 radical (unpaired) electrons. The molecular formula is C45H74NO9P. The Morgan fingerprint density at radius 1 is 0.589 bits per heavy atom. The van der Waals surface area contributed by atoms with Gasteiger partial charge >= 0.3 is 19.8 Å². The zero-order valence-electron chi connectivity index (χ0n) is 34.6. The number of carbonyl (C=O) groups is 3. The van der Waals surface area contributed by atoms with E-state index in [4.69, 9.17) is 24.3 Å². The molecule has 318 valence electrons.